The fourth-order valence-electron chi connectivity index (χ4n) is 4.16. The quantitative estimate of drug-likeness (QED) is 0.847. The van der Waals surface area contributed by atoms with Crippen molar-refractivity contribution in [3.05, 3.63) is 36.2 Å². The summed E-state index contributed by atoms with van der Waals surface area (Å²) in [5.41, 5.74) is 1.92. The van der Waals surface area contributed by atoms with Crippen LogP contribution in [0.5, 0.6) is 0 Å². The van der Waals surface area contributed by atoms with Crippen molar-refractivity contribution in [1.29, 1.82) is 0 Å². The summed E-state index contributed by atoms with van der Waals surface area (Å²) < 4.78 is 12.0. The third-order valence-electron chi connectivity index (χ3n) is 5.54. The Morgan fingerprint density at radius 3 is 2.92 bits per heavy atom. The lowest BCUT2D eigenvalue weighted by atomic mass is 9.83. The number of piperidine rings is 1. The first kappa shape index (κ1) is 17.4. The molecular weight excluding hydrogens is 330 g/mol. The summed E-state index contributed by atoms with van der Waals surface area (Å²) in [6.45, 7) is 4.93. The highest BCUT2D eigenvalue weighted by molar-refractivity contribution is 6.04. The monoisotopic (exact) mass is 355 g/mol. The van der Waals surface area contributed by atoms with Gasteiger partial charge in [0.25, 0.3) is 5.91 Å². The van der Waals surface area contributed by atoms with Crippen LogP contribution in [0.15, 0.2) is 30.6 Å². The van der Waals surface area contributed by atoms with Gasteiger partial charge in [-0.1, -0.05) is 6.07 Å². The van der Waals surface area contributed by atoms with Crippen molar-refractivity contribution < 1.29 is 14.3 Å². The maximum absolute atomic E-state index is 13.0. The number of para-hydroxylation sites is 1. The normalized spacial score (nSPS) is 22.7. The molecular formula is C20H25N3O3. The Kier molecular flexibility index (Phi) is 4.87. The Labute approximate surface area is 153 Å². The molecule has 3 heterocycles. The second-order valence-electron chi connectivity index (χ2n) is 7.12. The lowest BCUT2D eigenvalue weighted by molar-refractivity contribution is -0.151. The average Bonchev–Trinajstić information content (AvgIpc) is 2.68. The molecule has 1 spiro atoms. The van der Waals surface area contributed by atoms with Gasteiger partial charge in [-0.3, -0.25) is 14.8 Å². The number of rotatable bonds is 3. The summed E-state index contributed by atoms with van der Waals surface area (Å²) in [7, 11) is 0. The number of ether oxygens (including phenoxy) is 2. The molecule has 0 aliphatic carbocycles. The largest absolute Gasteiger partial charge is 0.378 e. The Balaban J connectivity index is 1.47. The molecule has 2 saturated heterocycles. The fraction of sp³-hybridized carbons (Fsp3) is 0.550. The maximum atomic E-state index is 13.0. The number of nitrogens with zero attached hydrogens (tertiary/aromatic N) is 3. The van der Waals surface area contributed by atoms with E-state index in [4.69, 9.17) is 9.47 Å². The minimum Gasteiger partial charge on any atom is -0.378 e. The van der Waals surface area contributed by atoms with E-state index in [1.807, 2.05) is 30.0 Å². The highest BCUT2D eigenvalue weighted by atomic mass is 16.5. The lowest BCUT2D eigenvalue weighted by Gasteiger charge is -2.46. The second kappa shape index (κ2) is 7.29. The molecule has 0 saturated carbocycles. The van der Waals surface area contributed by atoms with Gasteiger partial charge in [0.15, 0.2) is 0 Å². The van der Waals surface area contributed by atoms with Gasteiger partial charge < -0.3 is 14.4 Å². The number of fused-ring (bicyclic) bond motifs is 1. The summed E-state index contributed by atoms with van der Waals surface area (Å²) in [6.07, 6.45) is 7.18. The summed E-state index contributed by atoms with van der Waals surface area (Å²) >= 11 is 0. The van der Waals surface area contributed by atoms with E-state index in [-0.39, 0.29) is 17.6 Å². The Hall–Kier alpha value is -2.05. The van der Waals surface area contributed by atoms with Crippen molar-refractivity contribution >= 4 is 16.9 Å². The Morgan fingerprint density at radius 1 is 1.31 bits per heavy atom. The zero-order valence-electron chi connectivity index (χ0n) is 15.2. The molecule has 1 aromatic carbocycles. The van der Waals surface area contributed by atoms with Gasteiger partial charge in [-0.05, 0) is 38.3 Å². The van der Waals surface area contributed by atoms with Crippen LogP contribution in [-0.4, -0.2) is 58.8 Å². The maximum Gasteiger partial charge on any atom is 0.256 e. The van der Waals surface area contributed by atoms with Gasteiger partial charge in [-0.15, -0.1) is 0 Å². The molecule has 2 fully saturated rings. The van der Waals surface area contributed by atoms with E-state index in [0.717, 1.165) is 44.4 Å². The second-order valence-corrected chi connectivity index (χ2v) is 7.12. The first-order valence-electron chi connectivity index (χ1n) is 9.45. The van der Waals surface area contributed by atoms with Crippen molar-refractivity contribution in [2.24, 2.45) is 0 Å². The van der Waals surface area contributed by atoms with Crippen LogP contribution in [0.1, 0.15) is 43.0 Å². The van der Waals surface area contributed by atoms with Crippen LogP contribution in [0, 0.1) is 0 Å². The number of aromatic nitrogens is 2. The summed E-state index contributed by atoms with van der Waals surface area (Å²) in [4.78, 5) is 23.6. The molecule has 1 atom stereocenters. The molecule has 0 N–H and O–H groups in total. The molecule has 0 radical (unpaired) electrons. The molecule has 0 bridgehead atoms. The number of amides is 1. The number of carbonyl (C=O) groups excluding carboxylic acids is 1. The van der Waals surface area contributed by atoms with Gasteiger partial charge in [-0.25, -0.2) is 0 Å². The average molecular weight is 355 g/mol. The van der Waals surface area contributed by atoms with E-state index in [0.29, 0.717) is 24.2 Å². The summed E-state index contributed by atoms with van der Waals surface area (Å²) in [6, 6.07) is 5.59. The Morgan fingerprint density at radius 2 is 2.12 bits per heavy atom. The smallest absolute Gasteiger partial charge is 0.256 e. The highest BCUT2D eigenvalue weighted by Crippen LogP contribution is 2.36. The minimum atomic E-state index is -0.132. The van der Waals surface area contributed by atoms with E-state index in [9.17, 15) is 4.79 Å². The number of benzene rings is 1. The molecule has 1 unspecified atom stereocenters. The number of hydrogen-bond acceptors (Lipinski definition) is 5. The molecule has 1 amide bonds. The topological polar surface area (TPSA) is 64.6 Å². The SMILES string of the molecule is CCOC1CCOC2(CCN(C(=O)c3cccc4nccnc34)CC2)C1. The van der Waals surface area contributed by atoms with Crippen molar-refractivity contribution in [1.82, 2.24) is 14.9 Å². The molecule has 4 rings (SSSR count). The highest BCUT2D eigenvalue weighted by Gasteiger charge is 2.41. The zero-order valence-corrected chi connectivity index (χ0v) is 15.2. The van der Waals surface area contributed by atoms with Crippen molar-refractivity contribution in [3.8, 4) is 0 Å². The van der Waals surface area contributed by atoms with Crippen LogP contribution in [0.2, 0.25) is 0 Å². The molecule has 138 valence electrons. The van der Waals surface area contributed by atoms with Crippen LogP contribution in [-0.2, 0) is 9.47 Å². The van der Waals surface area contributed by atoms with Crippen LogP contribution >= 0.6 is 0 Å². The van der Waals surface area contributed by atoms with Crippen molar-refractivity contribution in [2.75, 3.05) is 26.3 Å². The van der Waals surface area contributed by atoms with E-state index in [1.165, 1.54) is 0 Å². The van der Waals surface area contributed by atoms with E-state index in [1.54, 1.807) is 12.4 Å². The van der Waals surface area contributed by atoms with Gasteiger partial charge in [0.05, 0.1) is 22.8 Å². The van der Waals surface area contributed by atoms with Gasteiger partial charge >= 0.3 is 0 Å². The van der Waals surface area contributed by atoms with E-state index < -0.39 is 0 Å². The first-order chi connectivity index (χ1) is 12.7. The lowest BCUT2D eigenvalue weighted by Crippen LogP contribution is -2.52. The minimum absolute atomic E-state index is 0.0307. The standard InChI is InChI=1S/C20H25N3O3/c1-2-25-15-6-13-26-20(14-15)7-11-23(12-8-20)19(24)16-4-3-5-17-18(16)22-10-9-21-17/h3-5,9-10,15H,2,6-8,11-14H2,1H3. The molecule has 2 aliphatic rings. The first-order valence-corrected chi connectivity index (χ1v) is 9.45. The third kappa shape index (κ3) is 3.31. The Bertz CT molecular complexity index is 779. The van der Waals surface area contributed by atoms with Crippen LogP contribution in [0.3, 0.4) is 0 Å². The van der Waals surface area contributed by atoms with Crippen LogP contribution in [0.25, 0.3) is 11.0 Å². The predicted octanol–water partition coefficient (Wildman–Crippen LogP) is 2.82. The number of carbonyl (C=O) groups is 1. The summed E-state index contributed by atoms with van der Waals surface area (Å²) in [5.74, 6) is 0.0307. The molecule has 1 aromatic heterocycles. The molecule has 2 aromatic rings. The third-order valence-corrected chi connectivity index (χ3v) is 5.54. The van der Waals surface area contributed by atoms with Crippen LogP contribution in [0.4, 0.5) is 0 Å². The zero-order chi connectivity index (χ0) is 18.0. The molecule has 6 heteroatoms. The fourth-order valence-corrected chi connectivity index (χ4v) is 4.16. The molecule has 2 aliphatic heterocycles. The molecule has 6 nitrogen and oxygen atoms in total. The van der Waals surface area contributed by atoms with E-state index in [2.05, 4.69) is 9.97 Å². The van der Waals surface area contributed by atoms with Gasteiger partial charge in [0.2, 0.25) is 0 Å². The van der Waals surface area contributed by atoms with Crippen molar-refractivity contribution in [3.63, 3.8) is 0 Å². The number of likely N-dealkylation sites (tertiary alicyclic amines) is 1. The van der Waals surface area contributed by atoms with E-state index >= 15 is 0 Å². The van der Waals surface area contributed by atoms with Gasteiger partial charge in [0.1, 0.15) is 5.52 Å². The van der Waals surface area contributed by atoms with Crippen molar-refractivity contribution in [2.45, 2.75) is 44.3 Å². The van der Waals surface area contributed by atoms with Crippen LogP contribution < -0.4 is 0 Å². The molecule has 26 heavy (non-hydrogen) atoms. The predicted molar refractivity (Wildman–Crippen MR) is 98.0 cm³/mol. The van der Waals surface area contributed by atoms with Gasteiger partial charge in [-0.2, -0.15) is 0 Å². The summed E-state index contributed by atoms with van der Waals surface area (Å²) in [5, 5.41) is 0. The van der Waals surface area contributed by atoms with Gasteiger partial charge in [0, 0.05) is 45.1 Å². The number of hydrogen-bond donors (Lipinski definition) is 0.